The second-order valence-electron chi connectivity index (χ2n) is 6.76. The zero-order valence-corrected chi connectivity index (χ0v) is 18.3. The van der Waals surface area contributed by atoms with E-state index >= 15 is 0 Å². The SMILES string of the molecule is Cn1c2c(c(=O)n(C)c1=O)C(c1cccc(Br)c1)N=C(SCc1ccccc1)N2. The lowest BCUT2D eigenvalue weighted by molar-refractivity contribution is 0.659. The largest absolute Gasteiger partial charge is 0.332 e. The maximum absolute atomic E-state index is 13.0. The Kier molecular flexibility index (Phi) is 5.47. The number of amidine groups is 1. The van der Waals surface area contributed by atoms with Crippen molar-refractivity contribution < 1.29 is 0 Å². The van der Waals surface area contributed by atoms with E-state index in [0.29, 0.717) is 16.5 Å². The first-order chi connectivity index (χ1) is 14.0. The Bertz CT molecular complexity index is 1220. The Hall–Kier alpha value is -2.58. The molecule has 0 amide bonds. The van der Waals surface area contributed by atoms with Gasteiger partial charge in [0.2, 0.25) is 0 Å². The van der Waals surface area contributed by atoms with Crippen LogP contribution in [0.5, 0.6) is 0 Å². The van der Waals surface area contributed by atoms with Crippen LogP contribution in [0.25, 0.3) is 0 Å². The Morgan fingerprint density at radius 1 is 1.07 bits per heavy atom. The van der Waals surface area contributed by atoms with Crippen molar-refractivity contribution >= 4 is 38.7 Å². The lowest BCUT2D eigenvalue weighted by Gasteiger charge is -2.26. The summed E-state index contributed by atoms with van der Waals surface area (Å²) in [5.74, 6) is 1.22. The fourth-order valence-corrected chi connectivity index (χ4v) is 4.56. The van der Waals surface area contributed by atoms with Crippen molar-refractivity contribution in [2.45, 2.75) is 11.8 Å². The molecule has 0 radical (unpaired) electrons. The summed E-state index contributed by atoms with van der Waals surface area (Å²) in [6, 6.07) is 17.3. The van der Waals surface area contributed by atoms with Crippen molar-refractivity contribution in [3.63, 3.8) is 0 Å². The van der Waals surface area contributed by atoms with E-state index in [0.717, 1.165) is 20.4 Å². The van der Waals surface area contributed by atoms with Gasteiger partial charge >= 0.3 is 5.69 Å². The van der Waals surface area contributed by atoms with Gasteiger partial charge in [-0.3, -0.25) is 13.9 Å². The van der Waals surface area contributed by atoms with Gasteiger partial charge in [0.25, 0.3) is 5.56 Å². The van der Waals surface area contributed by atoms with E-state index in [-0.39, 0.29) is 11.2 Å². The average Bonchev–Trinajstić information content (AvgIpc) is 2.75. The molecule has 8 heteroatoms. The minimum atomic E-state index is -0.493. The average molecular weight is 471 g/mol. The van der Waals surface area contributed by atoms with Gasteiger partial charge in [0.15, 0.2) is 5.17 Å². The minimum absolute atomic E-state index is 0.337. The molecule has 2 aromatic carbocycles. The summed E-state index contributed by atoms with van der Waals surface area (Å²) < 4.78 is 3.51. The van der Waals surface area contributed by atoms with Gasteiger partial charge in [-0.25, -0.2) is 9.79 Å². The molecule has 0 saturated carbocycles. The van der Waals surface area contributed by atoms with Crippen LogP contribution in [0.3, 0.4) is 0 Å². The lowest BCUT2D eigenvalue weighted by Crippen LogP contribution is -2.43. The fourth-order valence-electron chi connectivity index (χ4n) is 3.30. The summed E-state index contributed by atoms with van der Waals surface area (Å²) in [7, 11) is 3.16. The zero-order chi connectivity index (χ0) is 20.5. The Labute approximate surface area is 180 Å². The first kappa shape index (κ1) is 19.7. The molecule has 3 aromatic rings. The van der Waals surface area contributed by atoms with E-state index in [2.05, 4.69) is 33.4 Å². The molecule has 0 aliphatic carbocycles. The highest BCUT2D eigenvalue weighted by atomic mass is 79.9. The second-order valence-corrected chi connectivity index (χ2v) is 8.64. The number of halogens is 1. The molecule has 1 aliphatic heterocycles. The van der Waals surface area contributed by atoms with Crippen LogP contribution in [0.1, 0.15) is 22.7 Å². The van der Waals surface area contributed by atoms with Gasteiger partial charge in [-0.1, -0.05) is 70.2 Å². The van der Waals surface area contributed by atoms with Crippen LogP contribution in [-0.4, -0.2) is 14.3 Å². The van der Waals surface area contributed by atoms with Crippen LogP contribution in [0.15, 0.2) is 73.7 Å². The van der Waals surface area contributed by atoms with E-state index in [4.69, 9.17) is 4.99 Å². The molecule has 4 rings (SSSR count). The Morgan fingerprint density at radius 3 is 2.55 bits per heavy atom. The molecule has 1 N–H and O–H groups in total. The van der Waals surface area contributed by atoms with Crippen LogP contribution < -0.4 is 16.6 Å². The lowest BCUT2D eigenvalue weighted by atomic mass is 9.99. The highest BCUT2D eigenvalue weighted by molar-refractivity contribution is 9.10. The molecule has 1 aromatic heterocycles. The highest BCUT2D eigenvalue weighted by Crippen LogP contribution is 2.35. The summed E-state index contributed by atoms with van der Waals surface area (Å²) in [5.41, 5.74) is 1.82. The van der Waals surface area contributed by atoms with Crippen LogP contribution in [-0.2, 0) is 19.8 Å². The van der Waals surface area contributed by atoms with E-state index in [1.807, 2.05) is 42.5 Å². The molecule has 1 aliphatic rings. The van der Waals surface area contributed by atoms with Gasteiger partial charge in [-0.15, -0.1) is 0 Å². The predicted molar refractivity (Wildman–Crippen MR) is 122 cm³/mol. The van der Waals surface area contributed by atoms with Crippen molar-refractivity contribution in [3.8, 4) is 0 Å². The number of nitrogens with zero attached hydrogens (tertiary/aromatic N) is 3. The molecule has 0 saturated heterocycles. The van der Waals surface area contributed by atoms with Crippen molar-refractivity contribution in [2.24, 2.45) is 19.1 Å². The molecular weight excluding hydrogens is 452 g/mol. The summed E-state index contributed by atoms with van der Waals surface area (Å²) in [5, 5.41) is 3.89. The molecule has 148 valence electrons. The van der Waals surface area contributed by atoms with E-state index in [1.165, 1.54) is 17.2 Å². The third-order valence-electron chi connectivity index (χ3n) is 4.83. The number of anilines is 1. The maximum Gasteiger partial charge on any atom is 0.332 e. The molecular formula is C21H19BrN4O2S. The van der Waals surface area contributed by atoms with Crippen LogP contribution >= 0.6 is 27.7 Å². The molecule has 2 heterocycles. The second kappa shape index (κ2) is 8.04. The number of aliphatic imine (C=N–C) groups is 1. The third kappa shape index (κ3) is 3.82. The maximum atomic E-state index is 13.0. The van der Waals surface area contributed by atoms with Crippen molar-refractivity contribution in [3.05, 3.63) is 96.6 Å². The molecule has 0 bridgehead atoms. The Morgan fingerprint density at radius 2 is 1.83 bits per heavy atom. The van der Waals surface area contributed by atoms with Gasteiger partial charge in [0.05, 0.1) is 5.56 Å². The summed E-state index contributed by atoms with van der Waals surface area (Å²) >= 11 is 5.04. The van der Waals surface area contributed by atoms with Crippen molar-refractivity contribution in [2.75, 3.05) is 5.32 Å². The number of benzene rings is 2. The van der Waals surface area contributed by atoms with Gasteiger partial charge < -0.3 is 5.32 Å². The van der Waals surface area contributed by atoms with Gasteiger partial charge in [-0.05, 0) is 23.3 Å². The van der Waals surface area contributed by atoms with E-state index in [1.54, 1.807) is 18.8 Å². The normalized spacial score (nSPS) is 15.4. The fraction of sp³-hybridized carbons (Fsp3) is 0.190. The van der Waals surface area contributed by atoms with Crippen molar-refractivity contribution in [1.82, 2.24) is 9.13 Å². The van der Waals surface area contributed by atoms with Gasteiger partial charge in [0, 0.05) is 24.3 Å². The smallest absolute Gasteiger partial charge is 0.320 e. The standard InChI is InChI=1S/C21H19BrN4O2S/c1-25-18-16(19(27)26(2)21(25)28)17(14-9-6-10-15(22)11-14)23-20(24-18)29-12-13-7-4-3-5-8-13/h3-11,17H,12H2,1-2H3,(H,23,24). The van der Waals surface area contributed by atoms with Gasteiger partial charge in [0.1, 0.15) is 11.9 Å². The summed E-state index contributed by atoms with van der Waals surface area (Å²) in [6.07, 6.45) is 0. The molecule has 1 atom stereocenters. The first-order valence-corrected chi connectivity index (χ1v) is 10.8. The summed E-state index contributed by atoms with van der Waals surface area (Å²) in [6.45, 7) is 0. The molecule has 1 unspecified atom stereocenters. The number of thioether (sulfide) groups is 1. The number of nitrogens with one attached hydrogen (secondary N) is 1. The monoisotopic (exact) mass is 470 g/mol. The van der Waals surface area contributed by atoms with Crippen molar-refractivity contribution in [1.29, 1.82) is 0 Å². The van der Waals surface area contributed by atoms with Gasteiger partial charge in [-0.2, -0.15) is 0 Å². The van der Waals surface area contributed by atoms with Crippen LogP contribution in [0.2, 0.25) is 0 Å². The summed E-state index contributed by atoms with van der Waals surface area (Å²) in [4.78, 5) is 30.3. The number of hydrogen-bond acceptors (Lipinski definition) is 5. The minimum Gasteiger partial charge on any atom is -0.320 e. The first-order valence-electron chi connectivity index (χ1n) is 9.02. The molecule has 29 heavy (non-hydrogen) atoms. The quantitative estimate of drug-likeness (QED) is 0.634. The highest BCUT2D eigenvalue weighted by Gasteiger charge is 2.30. The van der Waals surface area contributed by atoms with Crippen LogP contribution in [0.4, 0.5) is 5.82 Å². The number of aromatic nitrogens is 2. The Balaban J connectivity index is 1.81. The van der Waals surface area contributed by atoms with Crippen LogP contribution in [0, 0.1) is 0 Å². The predicted octanol–water partition coefficient (Wildman–Crippen LogP) is 3.65. The number of fused-ring (bicyclic) bond motifs is 1. The molecule has 6 nitrogen and oxygen atoms in total. The van der Waals surface area contributed by atoms with E-state index in [9.17, 15) is 9.59 Å². The molecule has 0 spiro atoms. The zero-order valence-electron chi connectivity index (χ0n) is 15.9. The number of hydrogen-bond donors (Lipinski definition) is 1. The topological polar surface area (TPSA) is 68.4 Å². The third-order valence-corrected chi connectivity index (χ3v) is 6.28. The van der Waals surface area contributed by atoms with E-state index < -0.39 is 6.04 Å². The number of rotatable bonds is 3. The molecule has 0 fully saturated rings.